The molecule has 0 aliphatic carbocycles. The average Bonchev–Trinajstić information content (AvgIpc) is 2.88. The third-order valence-corrected chi connectivity index (χ3v) is 4.48. The van der Waals surface area contributed by atoms with E-state index in [9.17, 15) is 14.9 Å². The lowest BCUT2D eigenvalue weighted by Crippen LogP contribution is -2.14. The lowest BCUT2D eigenvalue weighted by atomic mass is 10.3. The summed E-state index contributed by atoms with van der Waals surface area (Å²) in [6.45, 7) is 0. The topological polar surface area (TPSA) is 93.0 Å². The summed E-state index contributed by atoms with van der Waals surface area (Å²) < 4.78 is 1.12. The van der Waals surface area contributed by atoms with Crippen LogP contribution in [-0.2, 0) is 0 Å². The Hall–Kier alpha value is -2.19. The molecular formula is C15H8Cl4N4O3. The van der Waals surface area contributed by atoms with Crippen LogP contribution < -0.4 is 10.9 Å². The van der Waals surface area contributed by atoms with Crippen molar-refractivity contribution >= 4 is 63.6 Å². The van der Waals surface area contributed by atoms with Crippen molar-refractivity contribution in [2.24, 2.45) is 0 Å². The van der Waals surface area contributed by atoms with Crippen LogP contribution in [0, 0.1) is 10.1 Å². The van der Waals surface area contributed by atoms with E-state index in [0.717, 1.165) is 4.68 Å². The largest absolute Gasteiger partial charge is 0.339 e. The maximum absolute atomic E-state index is 12.3. The second-order valence-electron chi connectivity index (χ2n) is 5.11. The number of nitrogens with one attached hydrogen (secondary N) is 2. The Kier molecular flexibility index (Phi) is 5.15. The highest BCUT2D eigenvalue weighted by atomic mass is 35.5. The van der Waals surface area contributed by atoms with Crippen LogP contribution >= 0.6 is 46.4 Å². The van der Waals surface area contributed by atoms with Crippen molar-refractivity contribution in [1.29, 1.82) is 0 Å². The summed E-state index contributed by atoms with van der Waals surface area (Å²) in [5, 5.41) is 17.4. The summed E-state index contributed by atoms with van der Waals surface area (Å²) >= 11 is 24.2. The molecule has 0 bridgehead atoms. The van der Waals surface area contributed by atoms with E-state index in [4.69, 9.17) is 46.4 Å². The molecule has 2 aromatic carbocycles. The van der Waals surface area contributed by atoms with Crippen LogP contribution in [0.5, 0.6) is 0 Å². The zero-order valence-corrected chi connectivity index (χ0v) is 15.6. The standard InChI is InChI=1S/C15H8Cl4N4O3/c16-7-3-10(18)15(11(19)4-7)22-14(24)6-13(21-22)20-12-5-8(23(25)26)1-2-9(12)17/h1-6,20-21H. The molecule has 0 saturated heterocycles. The first-order valence-electron chi connectivity index (χ1n) is 6.94. The number of aromatic amines is 1. The van der Waals surface area contributed by atoms with Gasteiger partial charge in [-0.1, -0.05) is 46.4 Å². The molecule has 3 aromatic rings. The van der Waals surface area contributed by atoms with Crippen LogP contribution in [0.2, 0.25) is 20.1 Å². The van der Waals surface area contributed by atoms with Gasteiger partial charge in [-0.2, -0.15) is 0 Å². The SMILES string of the molecule is O=c1cc(Nc2cc([N+](=O)[O-])ccc2Cl)[nH]n1-c1c(Cl)cc(Cl)cc1Cl. The second kappa shape index (κ2) is 7.20. The van der Waals surface area contributed by atoms with Crippen molar-refractivity contribution in [1.82, 2.24) is 9.78 Å². The number of hydrogen-bond donors (Lipinski definition) is 2. The number of hydrogen-bond acceptors (Lipinski definition) is 4. The molecule has 0 aliphatic rings. The van der Waals surface area contributed by atoms with Crippen LogP contribution in [0.25, 0.3) is 5.69 Å². The third kappa shape index (κ3) is 3.66. The van der Waals surface area contributed by atoms with Crippen molar-refractivity contribution < 1.29 is 4.92 Å². The van der Waals surface area contributed by atoms with Crippen molar-refractivity contribution in [3.8, 4) is 5.69 Å². The normalized spacial score (nSPS) is 10.8. The van der Waals surface area contributed by atoms with Crippen molar-refractivity contribution in [2.45, 2.75) is 0 Å². The van der Waals surface area contributed by atoms with E-state index in [1.54, 1.807) is 0 Å². The van der Waals surface area contributed by atoms with E-state index in [0.29, 0.717) is 5.02 Å². The molecule has 7 nitrogen and oxygen atoms in total. The predicted octanol–water partition coefficient (Wildman–Crippen LogP) is 5.43. The molecule has 0 unspecified atom stereocenters. The van der Waals surface area contributed by atoms with E-state index in [-0.39, 0.29) is 37.9 Å². The lowest BCUT2D eigenvalue weighted by molar-refractivity contribution is -0.384. The molecule has 1 aromatic heterocycles. The maximum atomic E-state index is 12.3. The Bertz CT molecular complexity index is 1050. The summed E-state index contributed by atoms with van der Waals surface area (Å²) in [5.74, 6) is 0.236. The molecule has 0 fully saturated rings. The first kappa shape index (κ1) is 18.6. The van der Waals surface area contributed by atoms with Crippen LogP contribution in [0.1, 0.15) is 0 Å². The van der Waals surface area contributed by atoms with Crippen LogP contribution in [0.15, 0.2) is 41.2 Å². The Balaban J connectivity index is 2.02. The van der Waals surface area contributed by atoms with Gasteiger partial charge in [-0.05, 0) is 18.2 Å². The van der Waals surface area contributed by atoms with Crippen LogP contribution in [0.3, 0.4) is 0 Å². The monoisotopic (exact) mass is 432 g/mol. The minimum atomic E-state index is -0.553. The van der Waals surface area contributed by atoms with Gasteiger partial charge >= 0.3 is 0 Å². The summed E-state index contributed by atoms with van der Waals surface area (Å²) in [6.07, 6.45) is 0. The first-order chi connectivity index (χ1) is 12.3. The third-order valence-electron chi connectivity index (χ3n) is 3.36. The minimum Gasteiger partial charge on any atom is -0.339 e. The summed E-state index contributed by atoms with van der Waals surface area (Å²) in [7, 11) is 0. The Morgan fingerprint density at radius 1 is 1.00 bits per heavy atom. The molecule has 134 valence electrons. The van der Waals surface area contributed by atoms with Gasteiger partial charge in [0.05, 0.1) is 25.7 Å². The van der Waals surface area contributed by atoms with Crippen molar-refractivity contribution in [2.75, 3.05) is 5.32 Å². The van der Waals surface area contributed by atoms with E-state index < -0.39 is 10.5 Å². The van der Waals surface area contributed by atoms with Crippen LogP contribution in [0.4, 0.5) is 17.2 Å². The number of non-ortho nitro benzene ring substituents is 1. The molecule has 3 rings (SSSR count). The predicted molar refractivity (Wildman–Crippen MR) is 103 cm³/mol. The van der Waals surface area contributed by atoms with E-state index in [1.807, 2.05) is 0 Å². The molecule has 1 heterocycles. The number of anilines is 2. The highest BCUT2D eigenvalue weighted by Crippen LogP contribution is 2.32. The molecule has 11 heteroatoms. The number of halogens is 4. The Labute approximate surface area is 166 Å². The quantitative estimate of drug-likeness (QED) is 0.423. The maximum Gasteiger partial charge on any atom is 0.273 e. The molecule has 0 atom stereocenters. The van der Waals surface area contributed by atoms with Crippen LogP contribution in [-0.4, -0.2) is 14.7 Å². The summed E-state index contributed by atoms with van der Waals surface area (Å²) in [5.41, 5.74) is -0.133. The Morgan fingerprint density at radius 2 is 1.65 bits per heavy atom. The molecule has 0 spiro atoms. The fourth-order valence-corrected chi connectivity index (χ4v) is 3.39. The first-order valence-corrected chi connectivity index (χ1v) is 8.45. The van der Waals surface area contributed by atoms with Gasteiger partial charge in [0.2, 0.25) is 0 Å². The summed E-state index contributed by atoms with van der Waals surface area (Å²) in [4.78, 5) is 22.6. The fourth-order valence-electron chi connectivity index (χ4n) is 2.24. The number of aromatic nitrogens is 2. The summed E-state index contributed by atoms with van der Waals surface area (Å²) in [6, 6.07) is 8.03. The van der Waals surface area contributed by atoms with Gasteiger partial charge in [-0.25, -0.2) is 4.68 Å². The lowest BCUT2D eigenvalue weighted by Gasteiger charge is -2.09. The number of nitrogens with zero attached hydrogens (tertiary/aromatic N) is 2. The highest BCUT2D eigenvalue weighted by molar-refractivity contribution is 6.40. The molecule has 0 radical (unpaired) electrons. The van der Waals surface area contributed by atoms with E-state index in [1.165, 1.54) is 36.4 Å². The zero-order valence-electron chi connectivity index (χ0n) is 12.6. The smallest absolute Gasteiger partial charge is 0.273 e. The highest BCUT2D eigenvalue weighted by Gasteiger charge is 2.15. The molecule has 0 amide bonds. The van der Waals surface area contributed by atoms with Gasteiger partial charge in [-0.3, -0.25) is 20.0 Å². The van der Waals surface area contributed by atoms with E-state index in [2.05, 4.69) is 10.4 Å². The number of nitro groups is 1. The van der Waals surface area contributed by atoms with Gasteiger partial charge in [0.1, 0.15) is 11.5 Å². The van der Waals surface area contributed by atoms with Gasteiger partial charge in [0, 0.05) is 23.2 Å². The van der Waals surface area contributed by atoms with Crippen molar-refractivity contribution in [3.05, 3.63) is 77.0 Å². The molecule has 26 heavy (non-hydrogen) atoms. The number of rotatable bonds is 4. The zero-order chi connectivity index (χ0) is 19.0. The average molecular weight is 434 g/mol. The Morgan fingerprint density at radius 3 is 2.27 bits per heavy atom. The van der Waals surface area contributed by atoms with Gasteiger partial charge in [0.15, 0.2) is 0 Å². The van der Waals surface area contributed by atoms with Crippen molar-refractivity contribution in [3.63, 3.8) is 0 Å². The molecular weight excluding hydrogens is 426 g/mol. The molecule has 0 aliphatic heterocycles. The minimum absolute atomic E-state index is 0.150. The molecule has 0 saturated carbocycles. The number of nitro benzene ring substituents is 1. The number of H-pyrrole nitrogens is 1. The van der Waals surface area contributed by atoms with Gasteiger partial charge < -0.3 is 5.32 Å². The fraction of sp³-hybridized carbons (Fsp3) is 0. The van der Waals surface area contributed by atoms with Gasteiger partial charge in [-0.15, -0.1) is 0 Å². The van der Waals surface area contributed by atoms with E-state index >= 15 is 0 Å². The number of benzene rings is 2. The molecule has 2 N–H and O–H groups in total. The second-order valence-corrected chi connectivity index (χ2v) is 6.77. The van der Waals surface area contributed by atoms with Gasteiger partial charge in [0.25, 0.3) is 11.2 Å².